The molecule has 0 N–H and O–H groups in total. The largest absolute Gasteiger partial charge is 0.468 e. The smallest absolute Gasteiger partial charge is 0.410 e. The number of nitrogens with zero attached hydrogens (tertiary/aromatic N) is 2. The van der Waals surface area contributed by atoms with Crippen molar-refractivity contribution >= 4 is 12.1 Å². The van der Waals surface area contributed by atoms with Gasteiger partial charge in [-0.05, 0) is 58.9 Å². The molecule has 0 spiro atoms. The molecule has 0 radical (unpaired) electrons. The van der Waals surface area contributed by atoms with E-state index in [1.165, 1.54) is 7.11 Å². The quantitative estimate of drug-likeness (QED) is 0.745. The topological polar surface area (TPSA) is 59.1 Å². The molecule has 2 aliphatic heterocycles. The van der Waals surface area contributed by atoms with Crippen LogP contribution in [0.4, 0.5) is 4.79 Å². The van der Waals surface area contributed by atoms with Gasteiger partial charge in [0, 0.05) is 19.6 Å². The third kappa shape index (κ3) is 5.09. The van der Waals surface area contributed by atoms with Crippen LogP contribution in [-0.4, -0.2) is 66.8 Å². The van der Waals surface area contributed by atoms with Gasteiger partial charge in [-0.2, -0.15) is 0 Å². The van der Waals surface area contributed by atoms with Gasteiger partial charge in [0.25, 0.3) is 0 Å². The Morgan fingerprint density at radius 2 is 1.74 bits per heavy atom. The molecule has 2 heterocycles. The van der Waals surface area contributed by atoms with E-state index in [9.17, 15) is 9.59 Å². The minimum atomic E-state index is -0.447. The Bertz CT molecular complexity index is 425. The van der Waals surface area contributed by atoms with Gasteiger partial charge in [0.15, 0.2) is 0 Å². The summed E-state index contributed by atoms with van der Waals surface area (Å²) < 4.78 is 10.3. The molecule has 0 aliphatic carbocycles. The molecule has 0 bridgehead atoms. The highest BCUT2D eigenvalue weighted by atomic mass is 16.6. The van der Waals surface area contributed by atoms with Gasteiger partial charge < -0.3 is 14.4 Å². The Balaban J connectivity index is 1.78. The third-order valence-corrected chi connectivity index (χ3v) is 4.60. The molecule has 0 saturated carbocycles. The van der Waals surface area contributed by atoms with Crippen LogP contribution in [0.1, 0.15) is 46.5 Å². The molecule has 0 aromatic carbocycles. The van der Waals surface area contributed by atoms with Crippen molar-refractivity contribution in [1.82, 2.24) is 9.80 Å². The summed E-state index contributed by atoms with van der Waals surface area (Å²) in [7, 11) is 1.46. The summed E-state index contributed by atoms with van der Waals surface area (Å²) in [5.41, 5.74) is -0.447. The van der Waals surface area contributed by atoms with E-state index in [1.54, 1.807) is 4.90 Å². The zero-order valence-corrected chi connectivity index (χ0v) is 14.8. The molecule has 23 heavy (non-hydrogen) atoms. The van der Waals surface area contributed by atoms with E-state index in [1.807, 2.05) is 20.8 Å². The fourth-order valence-corrected chi connectivity index (χ4v) is 3.40. The molecular formula is C17H30N2O4. The number of hydrogen-bond acceptors (Lipinski definition) is 5. The normalized spacial score (nSPS) is 23.8. The zero-order valence-electron chi connectivity index (χ0n) is 14.8. The number of ether oxygens (including phenoxy) is 2. The van der Waals surface area contributed by atoms with E-state index >= 15 is 0 Å². The van der Waals surface area contributed by atoms with Crippen molar-refractivity contribution in [2.75, 3.05) is 33.3 Å². The molecular weight excluding hydrogens is 296 g/mol. The van der Waals surface area contributed by atoms with Crippen molar-refractivity contribution < 1.29 is 19.1 Å². The van der Waals surface area contributed by atoms with Gasteiger partial charge in [0.2, 0.25) is 0 Å². The average molecular weight is 326 g/mol. The van der Waals surface area contributed by atoms with E-state index in [4.69, 9.17) is 9.47 Å². The second kappa shape index (κ2) is 7.51. The Morgan fingerprint density at radius 1 is 1.09 bits per heavy atom. The Morgan fingerprint density at radius 3 is 2.30 bits per heavy atom. The summed E-state index contributed by atoms with van der Waals surface area (Å²) in [4.78, 5) is 27.9. The lowest BCUT2D eigenvalue weighted by Crippen LogP contribution is -2.45. The molecule has 2 fully saturated rings. The predicted octanol–water partition coefficient (Wildman–Crippen LogP) is 2.27. The molecule has 2 saturated heterocycles. The summed E-state index contributed by atoms with van der Waals surface area (Å²) in [6.07, 6.45) is 3.65. The van der Waals surface area contributed by atoms with Gasteiger partial charge in [0.05, 0.1) is 7.11 Å². The molecule has 2 rings (SSSR count). The van der Waals surface area contributed by atoms with E-state index in [2.05, 4.69) is 4.90 Å². The molecule has 6 heteroatoms. The van der Waals surface area contributed by atoms with Crippen molar-refractivity contribution in [3.8, 4) is 0 Å². The number of methoxy groups -OCH3 is 1. The first kappa shape index (κ1) is 18.0. The number of likely N-dealkylation sites (tertiary alicyclic amines) is 2. The van der Waals surface area contributed by atoms with Gasteiger partial charge in [-0.1, -0.05) is 0 Å². The summed E-state index contributed by atoms with van der Waals surface area (Å²) in [5.74, 6) is 0.410. The fraction of sp³-hybridized carbons (Fsp3) is 0.882. The molecule has 0 aromatic rings. The molecule has 1 amide bonds. The van der Waals surface area contributed by atoms with Crippen LogP contribution in [0.25, 0.3) is 0 Å². The summed E-state index contributed by atoms with van der Waals surface area (Å²) >= 11 is 0. The van der Waals surface area contributed by atoms with Crippen LogP contribution < -0.4 is 0 Å². The lowest BCUT2D eigenvalue weighted by molar-refractivity contribution is -0.146. The summed E-state index contributed by atoms with van der Waals surface area (Å²) in [6.45, 7) is 9.01. The van der Waals surface area contributed by atoms with Gasteiger partial charge in [-0.25, -0.2) is 4.79 Å². The first-order chi connectivity index (χ1) is 10.8. The van der Waals surface area contributed by atoms with Crippen LogP contribution in [0.15, 0.2) is 0 Å². The minimum absolute atomic E-state index is 0.0797. The number of carbonyl (C=O) groups excluding carboxylic acids is 2. The molecule has 1 unspecified atom stereocenters. The van der Waals surface area contributed by atoms with Crippen molar-refractivity contribution in [2.24, 2.45) is 5.92 Å². The van der Waals surface area contributed by atoms with E-state index in [-0.39, 0.29) is 18.1 Å². The Hall–Kier alpha value is -1.30. The van der Waals surface area contributed by atoms with Gasteiger partial charge >= 0.3 is 12.1 Å². The molecule has 1 atom stereocenters. The Kier molecular flexibility index (Phi) is 5.89. The predicted molar refractivity (Wildman–Crippen MR) is 87.1 cm³/mol. The Labute approximate surface area is 139 Å². The molecule has 0 aromatic heterocycles. The standard InChI is InChI=1S/C17H30N2O4/c1-17(2,3)23-16(21)18-10-7-13(8-11-18)12-19-9-5-6-14(19)15(20)22-4/h13-14H,5-12H2,1-4H3. The number of hydrogen-bond donors (Lipinski definition) is 0. The van der Waals surface area contributed by atoms with Crippen LogP contribution in [0.3, 0.4) is 0 Å². The van der Waals surface area contributed by atoms with Gasteiger partial charge in [-0.3, -0.25) is 9.69 Å². The van der Waals surface area contributed by atoms with Crippen LogP contribution in [-0.2, 0) is 14.3 Å². The van der Waals surface area contributed by atoms with Gasteiger partial charge in [-0.15, -0.1) is 0 Å². The minimum Gasteiger partial charge on any atom is -0.468 e. The highest BCUT2D eigenvalue weighted by Gasteiger charge is 2.34. The fourth-order valence-electron chi connectivity index (χ4n) is 3.40. The lowest BCUT2D eigenvalue weighted by atomic mass is 9.96. The van der Waals surface area contributed by atoms with Crippen LogP contribution in [0.2, 0.25) is 0 Å². The maximum absolute atomic E-state index is 12.1. The SMILES string of the molecule is COC(=O)C1CCCN1CC1CCN(C(=O)OC(C)(C)C)CC1. The maximum atomic E-state index is 12.1. The highest BCUT2D eigenvalue weighted by molar-refractivity contribution is 5.76. The highest BCUT2D eigenvalue weighted by Crippen LogP contribution is 2.25. The number of amides is 1. The first-order valence-corrected chi connectivity index (χ1v) is 8.60. The number of carbonyl (C=O) groups is 2. The second-order valence-corrected chi connectivity index (χ2v) is 7.59. The first-order valence-electron chi connectivity index (χ1n) is 8.60. The number of rotatable bonds is 3. The van der Waals surface area contributed by atoms with E-state index in [0.29, 0.717) is 5.92 Å². The van der Waals surface area contributed by atoms with Crippen LogP contribution in [0.5, 0.6) is 0 Å². The second-order valence-electron chi connectivity index (χ2n) is 7.59. The summed E-state index contributed by atoms with van der Waals surface area (Å²) in [5, 5.41) is 0. The van der Waals surface area contributed by atoms with Gasteiger partial charge in [0.1, 0.15) is 11.6 Å². The monoisotopic (exact) mass is 326 g/mol. The lowest BCUT2D eigenvalue weighted by Gasteiger charge is -2.35. The molecule has 132 valence electrons. The van der Waals surface area contributed by atoms with E-state index < -0.39 is 5.60 Å². The van der Waals surface area contributed by atoms with Crippen LogP contribution in [0, 0.1) is 5.92 Å². The third-order valence-electron chi connectivity index (χ3n) is 4.60. The molecule has 2 aliphatic rings. The van der Waals surface area contributed by atoms with Crippen molar-refractivity contribution in [1.29, 1.82) is 0 Å². The zero-order chi connectivity index (χ0) is 17.0. The average Bonchev–Trinajstić information content (AvgIpc) is 2.93. The van der Waals surface area contributed by atoms with Crippen molar-refractivity contribution in [2.45, 2.75) is 58.1 Å². The van der Waals surface area contributed by atoms with Crippen molar-refractivity contribution in [3.63, 3.8) is 0 Å². The molecule has 6 nitrogen and oxygen atoms in total. The van der Waals surface area contributed by atoms with E-state index in [0.717, 1.165) is 51.9 Å². The van der Waals surface area contributed by atoms with Crippen molar-refractivity contribution in [3.05, 3.63) is 0 Å². The number of piperidine rings is 1. The van der Waals surface area contributed by atoms with Crippen LogP contribution >= 0.6 is 0 Å². The number of esters is 1. The maximum Gasteiger partial charge on any atom is 0.410 e. The summed E-state index contributed by atoms with van der Waals surface area (Å²) in [6, 6.07) is -0.0797.